The van der Waals surface area contributed by atoms with Crippen molar-refractivity contribution in [3.05, 3.63) is 0 Å². The first-order valence-corrected chi connectivity index (χ1v) is 4.57. The van der Waals surface area contributed by atoms with Gasteiger partial charge >= 0.3 is 48.6 Å². The van der Waals surface area contributed by atoms with E-state index in [1.807, 2.05) is 0 Å². The van der Waals surface area contributed by atoms with E-state index in [2.05, 4.69) is 0 Å². The van der Waals surface area contributed by atoms with Gasteiger partial charge in [-0.3, -0.25) is 0 Å². The fourth-order valence-corrected chi connectivity index (χ4v) is 0.822. The minimum absolute atomic E-state index is 0.345. The molecule has 52 valence electrons. The summed E-state index contributed by atoms with van der Waals surface area (Å²) in [7, 11) is -3.76. The van der Waals surface area contributed by atoms with Crippen LogP contribution in [-0.2, 0) is 0 Å². The Bertz CT molecular complexity index is 68.2. The number of hydrogen-bond acceptors (Lipinski definition) is 3. The number of hydrogen-bond donors (Lipinski definition) is 3. The average molecular weight is 140 g/mol. The van der Waals surface area contributed by atoms with E-state index in [0.717, 1.165) is 0 Å². The van der Waals surface area contributed by atoms with Crippen LogP contribution in [-0.4, -0.2) is 20.3 Å². The molecule has 0 aromatic rings. The SMILES string of the molecule is CCC(C)[PH](O)(O)O. The van der Waals surface area contributed by atoms with E-state index in [1.54, 1.807) is 13.8 Å². The van der Waals surface area contributed by atoms with Crippen molar-refractivity contribution in [2.75, 3.05) is 0 Å². The molecule has 3 N–H and O–H groups in total. The zero-order chi connectivity index (χ0) is 6.78. The third-order valence-electron chi connectivity index (χ3n) is 1.27. The molecule has 0 aromatic carbocycles. The first-order valence-electron chi connectivity index (χ1n) is 2.65. The van der Waals surface area contributed by atoms with Gasteiger partial charge in [-0.15, -0.1) is 0 Å². The quantitative estimate of drug-likeness (QED) is 0.482. The van der Waals surface area contributed by atoms with E-state index >= 15 is 0 Å². The fraction of sp³-hybridized carbons (Fsp3) is 1.00. The molecule has 0 amide bonds. The average Bonchev–Trinajstić information content (AvgIpc) is 1.62. The second-order valence-corrected chi connectivity index (χ2v) is 4.36. The van der Waals surface area contributed by atoms with Crippen LogP contribution in [0.4, 0.5) is 0 Å². The molecule has 0 radical (unpaired) electrons. The molecule has 3 nitrogen and oxygen atoms in total. The maximum atomic E-state index is 8.54. The first kappa shape index (κ1) is 8.31. The van der Waals surface area contributed by atoms with Crippen LogP contribution in [0.25, 0.3) is 0 Å². The van der Waals surface area contributed by atoms with Gasteiger partial charge in [-0.1, -0.05) is 0 Å². The van der Waals surface area contributed by atoms with Crippen LogP contribution in [0.2, 0.25) is 0 Å². The predicted octanol–water partition coefficient (Wildman–Crippen LogP) is 0.257. The Hall–Kier alpha value is 0.310. The van der Waals surface area contributed by atoms with Crippen LogP contribution in [0.15, 0.2) is 0 Å². The van der Waals surface area contributed by atoms with Gasteiger partial charge < -0.3 is 0 Å². The molecule has 0 fully saturated rings. The van der Waals surface area contributed by atoms with Gasteiger partial charge in [0.25, 0.3) is 0 Å². The summed E-state index contributed by atoms with van der Waals surface area (Å²) in [5.41, 5.74) is -0.345. The van der Waals surface area contributed by atoms with Crippen molar-refractivity contribution in [1.29, 1.82) is 0 Å². The van der Waals surface area contributed by atoms with Crippen LogP contribution in [0.5, 0.6) is 0 Å². The molecule has 1 unspecified atom stereocenters. The summed E-state index contributed by atoms with van der Waals surface area (Å²) in [4.78, 5) is 25.6. The van der Waals surface area contributed by atoms with Gasteiger partial charge in [0.1, 0.15) is 0 Å². The molecule has 0 saturated heterocycles. The summed E-state index contributed by atoms with van der Waals surface area (Å²) >= 11 is 0. The van der Waals surface area contributed by atoms with E-state index < -0.39 is 7.94 Å². The summed E-state index contributed by atoms with van der Waals surface area (Å²) in [6, 6.07) is 0. The minimum atomic E-state index is -3.76. The van der Waals surface area contributed by atoms with E-state index in [4.69, 9.17) is 14.7 Å². The molecule has 8 heavy (non-hydrogen) atoms. The Balaban J connectivity index is 3.62. The van der Waals surface area contributed by atoms with Crippen LogP contribution >= 0.6 is 7.94 Å². The molecular weight excluding hydrogens is 127 g/mol. The van der Waals surface area contributed by atoms with Crippen molar-refractivity contribution >= 4 is 7.94 Å². The van der Waals surface area contributed by atoms with Crippen LogP contribution < -0.4 is 0 Å². The summed E-state index contributed by atoms with van der Waals surface area (Å²) in [5.74, 6) is 0. The Morgan fingerprint density at radius 1 is 1.38 bits per heavy atom. The van der Waals surface area contributed by atoms with E-state index in [1.165, 1.54) is 0 Å². The molecule has 0 aromatic heterocycles. The summed E-state index contributed by atoms with van der Waals surface area (Å²) in [5, 5.41) is 0. The fourth-order valence-electron chi connectivity index (χ4n) is 0.274. The summed E-state index contributed by atoms with van der Waals surface area (Å²) < 4.78 is 0. The monoisotopic (exact) mass is 140 g/mol. The first-order chi connectivity index (χ1) is 3.48. The third kappa shape index (κ3) is 2.58. The standard InChI is InChI=1S/C4H13O3P/c1-3-4(2)8(5,6)7/h4-8H,3H2,1-2H3. The Kier molecular flexibility index (Phi) is 2.84. The maximum absolute atomic E-state index is 8.54. The molecule has 0 bridgehead atoms. The van der Waals surface area contributed by atoms with Gasteiger partial charge in [-0.25, -0.2) is 0 Å². The van der Waals surface area contributed by atoms with Crippen molar-refractivity contribution < 1.29 is 14.7 Å². The molecule has 0 heterocycles. The van der Waals surface area contributed by atoms with Crippen LogP contribution in [0.1, 0.15) is 20.3 Å². The molecule has 4 heteroatoms. The van der Waals surface area contributed by atoms with Crippen molar-refractivity contribution in [1.82, 2.24) is 0 Å². The summed E-state index contributed by atoms with van der Waals surface area (Å²) in [6.07, 6.45) is 0.607. The molecule has 0 aliphatic rings. The van der Waals surface area contributed by atoms with Gasteiger partial charge in [-0.05, 0) is 0 Å². The Labute approximate surface area is 49.6 Å². The van der Waals surface area contributed by atoms with Gasteiger partial charge in [0, 0.05) is 0 Å². The van der Waals surface area contributed by atoms with E-state index in [9.17, 15) is 0 Å². The van der Waals surface area contributed by atoms with Crippen molar-refractivity contribution in [3.63, 3.8) is 0 Å². The molecular formula is C4H13O3P. The zero-order valence-electron chi connectivity index (χ0n) is 5.13. The topological polar surface area (TPSA) is 60.7 Å². The molecule has 0 saturated carbocycles. The predicted molar refractivity (Wildman–Crippen MR) is 34.7 cm³/mol. The molecule has 1 atom stereocenters. The Morgan fingerprint density at radius 2 is 1.75 bits per heavy atom. The van der Waals surface area contributed by atoms with Crippen molar-refractivity contribution in [3.8, 4) is 0 Å². The molecule has 0 aliphatic carbocycles. The normalized spacial score (nSPS) is 18.1. The van der Waals surface area contributed by atoms with Gasteiger partial charge in [0.05, 0.1) is 0 Å². The van der Waals surface area contributed by atoms with Crippen molar-refractivity contribution in [2.24, 2.45) is 0 Å². The van der Waals surface area contributed by atoms with Gasteiger partial charge in [0.2, 0.25) is 0 Å². The third-order valence-corrected chi connectivity index (χ3v) is 3.00. The second-order valence-electron chi connectivity index (χ2n) is 2.00. The summed E-state index contributed by atoms with van der Waals surface area (Å²) in [6.45, 7) is 3.42. The zero-order valence-corrected chi connectivity index (χ0v) is 6.13. The Morgan fingerprint density at radius 3 is 1.75 bits per heavy atom. The van der Waals surface area contributed by atoms with Gasteiger partial charge in [0.15, 0.2) is 0 Å². The molecule has 0 rings (SSSR count). The van der Waals surface area contributed by atoms with Crippen molar-refractivity contribution in [2.45, 2.75) is 25.9 Å². The van der Waals surface area contributed by atoms with E-state index in [-0.39, 0.29) is 5.66 Å². The van der Waals surface area contributed by atoms with E-state index in [0.29, 0.717) is 6.42 Å². The van der Waals surface area contributed by atoms with Crippen LogP contribution in [0.3, 0.4) is 0 Å². The molecule has 0 spiro atoms. The molecule has 0 aliphatic heterocycles. The number of rotatable bonds is 2. The second kappa shape index (κ2) is 2.74. The van der Waals surface area contributed by atoms with Crippen LogP contribution in [0, 0.1) is 0 Å². The van der Waals surface area contributed by atoms with Gasteiger partial charge in [-0.2, -0.15) is 0 Å².